The molecule has 1 unspecified atom stereocenters. The van der Waals surface area contributed by atoms with Crippen molar-refractivity contribution >= 4 is 23.6 Å². The minimum absolute atomic E-state index is 0.137. The first-order valence-corrected chi connectivity index (χ1v) is 8.96. The van der Waals surface area contributed by atoms with E-state index in [4.69, 9.17) is 14.2 Å². The molecule has 9 nitrogen and oxygen atoms in total. The fourth-order valence-electron chi connectivity index (χ4n) is 2.54. The lowest BCUT2D eigenvalue weighted by Gasteiger charge is -2.13. The zero-order valence-electron chi connectivity index (χ0n) is 16.8. The minimum atomic E-state index is -1.05. The van der Waals surface area contributed by atoms with Crippen molar-refractivity contribution in [3.8, 4) is 11.5 Å². The zero-order chi connectivity index (χ0) is 22.1. The van der Waals surface area contributed by atoms with Crippen molar-refractivity contribution < 1.29 is 28.7 Å². The highest BCUT2D eigenvalue weighted by Crippen LogP contribution is 2.27. The summed E-state index contributed by atoms with van der Waals surface area (Å²) in [4.78, 5) is 34.6. The van der Waals surface area contributed by atoms with Crippen LogP contribution in [0.4, 0.5) is 5.69 Å². The van der Waals surface area contributed by atoms with E-state index in [2.05, 4.69) is 5.32 Å². The first kappa shape index (κ1) is 22.4. The number of esters is 1. The highest BCUT2D eigenvalue weighted by atomic mass is 16.6. The van der Waals surface area contributed by atoms with Crippen LogP contribution in [0.2, 0.25) is 0 Å². The second kappa shape index (κ2) is 10.6. The first-order valence-electron chi connectivity index (χ1n) is 8.96. The number of nitrogens with zero attached hydrogens (tertiary/aromatic N) is 1. The Balaban J connectivity index is 1.91. The molecule has 0 fully saturated rings. The molecule has 2 rings (SSSR count). The van der Waals surface area contributed by atoms with Crippen molar-refractivity contribution in [2.45, 2.75) is 19.6 Å². The molecule has 0 saturated carbocycles. The fraction of sp³-hybridized carbons (Fsp3) is 0.238. The topological polar surface area (TPSA) is 117 Å². The SMILES string of the molecule is COc1ccc(CNC(=O)C(C)OC(=O)/C=C/c2ccccc2[N+](=O)[O-])cc1OC. The van der Waals surface area contributed by atoms with E-state index in [9.17, 15) is 19.7 Å². The average Bonchev–Trinajstić information content (AvgIpc) is 2.75. The largest absolute Gasteiger partial charge is 0.493 e. The van der Waals surface area contributed by atoms with Crippen molar-refractivity contribution in [3.05, 3.63) is 69.8 Å². The van der Waals surface area contributed by atoms with Crippen LogP contribution in [0, 0.1) is 10.1 Å². The van der Waals surface area contributed by atoms with E-state index in [0.717, 1.165) is 11.6 Å². The molecule has 30 heavy (non-hydrogen) atoms. The van der Waals surface area contributed by atoms with E-state index in [1.54, 1.807) is 24.3 Å². The molecule has 0 bridgehead atoms. The second-order valence-electron chi connectivity index (χ2n) is 6.14. The Morgan fingerprint density at radius 3 is 2.50 bits per heavy atom. The minimum Gasteiger partial charge on any atom is -0.493 e. The summed E-state index contributed by atoms with van der Waals surface area (Å²) in [6, 6.07) is 11.2. The van der Waals surface area contributed by atoms with Crippen molar-refractivity contribution in [1.29, 1.82) is 0 Å². The molecule has 0 saturated heterocycles. The number of nitro benzene ring substituents is 1. The Bertz CT molecular complexity index is 956. The molecule has 0 radical (unpaired) electrons. The molecule has 158 valence electrons. The van der Waals surface area contributed by atoms with Gasteiger partial charge in [-0.2, -0.15) is 0 Å². The Morgan fingerprint density at radius 2 is 1.83 bits per heavy atom. The molecular weight excluding hydrogens is 392 g/mol. The maximum absolute atomic E-state index is 12.2. The van der Waals surface area contributed by atoms with E-state index < -0.39 is 22.9 Å². The molecular formula is C21H22N2O7. The average molecular weight is 414 g/mol. The van der Waals surface area contributed by atoms with Crippen LogP contribution in [-0.4, -0.2) is 37.1 Å². The smallest absolute Gasteiger partial charge is 0.331 e. The summed E-state index contributed by atoms with van der Waals surface area (Å²) >= 11 is 0. The quantitative estimate of drug-likeness (QED) is 0.290. The highest BCUT2D eigenvalue weighted by Gasteiger charge is 2.17. The molecule has 2 aromatic rings. The summed E-state index contributed by atoms with van der Waals surface area (Å²) in [5.74, 6) is -0.177. The maximum atomic E-state index is 12.2. The second-order valence-corrected chi connectivity index (χ2v) is 6.14. The van der Waals surface area contributed by atoms with Crippen molar-refractivity contribution in [3.63, 3.8) is 0 Å². The van der Waals surface area contributed by atoms with E-state index in [-0.39, 0.29) is 17.8 Å². The van der Waals surface area contributed by atoms with Gasteiger partial charge in [0.2, 0.25) is 0 Å². The van der Waals surface area contributed by atoms with Gasteiger partial charge in [-0.05, 0) is 36.8 Å². The third-order valence-electron chi connectivity index (χ3n) is 4.11. The number of nitro groups is 1. The normalized spacial score (nSPS) is 11.6. The van der Waals surface area contributed by atoms with Gasteiger partial charge in [-0.3, -0.25) is 14.9 Å². The molecule has 1 amide bonds. The van der Waals surface area contributed by atoms with Crippen LogP contribution in [0.25, 0.3) is 6.08 Å². The van der Waals surface area contributed by atoms with Gasteiger partial charge in [0.05, 0.1) is 24.7 Å². The Kier molecular flexibility index (Phi) is 7.92. The molecule has 1 N–H and O–H groups in total. The predicted octanol–water partition coefficient (Wildman–Crippen LogP) is 2.87. The molecule has 0 heterocycles. The summed E-state index contributed by atoms with van der Waals surface area (Å²) in [5.41, 5.74) is 0.892. The van der Waals surface area contributed by atoms with Gasteiger partial charge in [-0.1, -0.05) is 18.2 Å². The third-order valence-corrected chi connectivity index (χ3v) is 4.11. The summed E-state index contributed by atoms with van der Waals surface area (Å²) in [5, 5.41) is 13.7. The van der Waals surface area contributed by atoms with Crippen LogP contribution in [0.1, 0.15) is 18.1 Å². The van der Waals surface area contributed by atoms with Gasteiger partial charge < -0.3 is 19.5 Å². The number of ether oxygens (including phenoxy) is 3. The van der Waals surface area contributed by atoms with Crippen LogP contribution in [-0.2, 0) is 20.9 Å². The van der Waals surface area contributed by atoms with Crippen molar-refractivity contribution in [2.75, 3.05) is 14.2 Å². The Hall–Kier alpha value is -3.88. The van der Waals surface area contributed by atoms with Gasteiger partial charge in [0, 0.05) is 18.7 Å². The number of hydrogen-bond donors (Lipinski definition) is 1. The predicted molar refractivity (Wildman–Crippen MR) is 109 cm³/mol. The van der Waals surface area contributed by atoms with Crippen LogP contribution in [0.5, 0.6) is 11.5 Å². The van der Waals surface area contributed by atoms with Gasteiger partial charge in [0.25, 0.3) is 11.6 Å². The number of amides is 1. The zero-order valence-corrected chi connectivity index (χ0v) is 16.8. The van der Waals surface area contributed by atoms with Crippen LogP contribution in [0.15, 0.2) is 48.5 Å². The molecule has 1 atom stereocenters. The summed E-state index contributed by atoms with van der Waals surface area (Å²) < 4.78 is 15.4. The fourth-order valence-corrected chi connectivity index (χ4v) is 2.54. The van der Waals surface area contributed by atoms with E-state index in [0.29, 0.717) is 11.5 Å². The van der Waals surface area contributed by atoms with Crippen LogP contribution < -0.4 is 14.8 Å². The summed E-state index contributed by atoms with van der Waals surface area (Å²) in [6.45, 7) is 1.63. The van der Waals surface area contributed by atoms with Gasteiger partial charge in [0.15, 0.2) is 17.6 Å². The molecule has 0 spiro atoms. The van der Waals surface area contributed by atoms with Crippen molar-refractivity contribution in [2.24, 2.45) is 0 Å². The van der Waals surface area contributed by atoms with E-state index >= 15 is 0 Å². The number of methoxy groups -OCH3 is 2. The van der Waals surface area contributed by atoms with Crippen molar-refractivity contribution in [1.82, 2.24) is 5.32 Å². The number of carbonyl (C=O) groups excluding carboxylic acids is 2. The Morgan fingerprint density at radius 1 is 1.13 bits per heavy atom. The van der Waals surface area contributed by atoms with Crippen LogP contribution in [0.3, 0.4) is 0 Å². The lowest BCUT2D eigenvalue weighted by molar-refractivity contribution is -0.385. The number of para-hydroxylation sites is 1. The molecule has 2 aromatic carbocycles. The van der Waals surface area contributed by atoms with Gasteiger partial charge in [-0.25, -0.2) is 4.79 Å². The lowest BCUT2D eigenvalue weighted by atomic mass is 10.1. The number of hydrogen-bond acceptors (Lipinski definition) is 7. The molecule has 0 aliphatic rings. The number of nitrogens with one attached hydrogen (secondary N) is 1. The molecule has 0 aliphatic carbocycles. The highest BCUT2D eigenvalue weighted by molar-refractivity contribution is 5.90. The van der Waals surface area contributed by atoms with Gasteiger partial charge in [-0.15, -0.1) is 0 Å². The maximum Gasteiger partial charge on any atom is 0.331 e. The van der Waals surface area contributed by atoms with Gasteiger partial charge >= 0.3 is 5.97 Å². The Labute approximate surface area is 173 Å². The van der Waals surface area contributed by atoms with E-state index in [1.165, 1.54) is 45.4 Å². The summed E-state index contributed by atoms with van der Waals surface area (Å²) in [6.07, 6.45) is 1.27. The van der Waals surface area contributed by atoms with E-state index in [1.807, 2.05) is 0 Å². The third kappa shape index (κ3) is 6.06. The lowest BCUT2D eigenvalue weighted by Crippen LogP contribution is -2.35. The number of benzene rings is 2. The summed E-state index contributed by atoms with van der Waals surface area (Å²) in [7, 11) is 3.04. The number of rotatable bonds is 9. The van der Waals surface area contributed by atoms with Gasteiger partial charge in [0.1, 0.15) is 0 Å². The van der Waals surface area contributed by atoms with Crippen LogP contribution >= 0.6 is 0 Å². The molecule has 0 aromatic heterocycles. The number of carbonyl (C=O) groups is 2. The standard InChI is InChI=1S/C21H22N2O7/c1-14(21(25)22-13-15-8-10-18(28-2)19(12-15)29-3)30-20(24)11-9-16-6-4-5-7-17(16)23(26)27/h4-12,14H,13H2,1-3H3,(H,22,25)/b11-9+. The molecule has 9 heteroatoms. The monoisotopic (exact) mass is 414 g/mol. The first-order chi connectivity index (χ1) is 14.3. The molecule has 0 aliphatic heterocycles.